The SMILES string of the molecule is COc1cc(NC(C(=O)c2c[nH]c3c(C)cc(C)cc23)c2ccc(F)cc2C)cc(OCCO)c1.COc1cc(NC(C(=O)c2c[nH]c3cc(C)c(C)cc23)c2ccc(F)cc2C)cc(OCCO)c1.COc1cc(NC(C(=O)c2c[nH]c3cc(C)c(C)cc23)c2ccc(F)cc2C)cc(OCCO)c1.COc1cc(NC(C(=O)c2c[nH]c3ccc(C)cc23)c2ccc(F)cc2C)cc(OCCO)c1. The van der Waals surface area contributed by atoms with Gasteiger partial charge in [-0.1, -0.05) is 47.5 Å². The summed E-state index contributed by atoms with van der Waals surface area (Å²) < 4.78 is 99.4. The number of H-pyrrole nitrogens is 4. The fraction of sp³-hybridized carbons (Fsp3) is 0.243. The van der Waals surface area contributed by atoms with Gasteiger partial charge in [0.15, 0.2) is 23.1 Å². The lowest BCUT2D eigenvalue weighted by Crippen LogP contribution is -2.22. The number of hydrogen-bond acceptors (Lipinski definition) is 20. The normalized spacial score (nSPS) is 11.9. The second-order valence-corrected chi connectivity index (χ2v) is 34.0. The first-order valence-corrected chi connectivity index (χ1v) is 45.1. The quantitative estimate of drug-likeness (QED) is 0.0128. The van der Waals surface area contributed by atoms with E-state index in [2.05, 4.69) is 47.3 Å². The molecule has 0 aliphatic heterocycles. The molecular weight excluding hydrogens is 1780 g/mol. The van der Waals surface area contributed by atoms with Gasteiger partial charge < -0.3 is 99.5 Å². The molecule has 28 heteroatoms. The van der Waals surface area contributed by atoms with Crippen molar-refractivity contribution in [3.63, 3.8) is 0 Å². The largest absolute Gasteiger partial charge is 0.497 e. The molecule has 24 nitrogen and oxygen atoms in total. The van der Waals surface area contributed by atoms with E-state index >= 15 is 0 Å². The standard InChI is InChI=1S/3C28H29FN2O4.C27H27FN2O4/c2*1-16-10-24-25(15-30-26(24)11-17(16)2)28(33)27(23-6-5-19(29)9-18(23)3)31-20-12-21(34-4)14-22(13-20)35-8-7-32;1-16-9-18(3)26-24(10-16)25(15-30-26)28(33)27(23-6-5-19(29)11-17(23)2)31-20-12-21(34-4)14-22(13-20)35-8-7-32;1-16-4-7-25-23(10-16)24(15-29-25)27(32)26(22-6-5-18(28)11-17(22)2)30-19-12-20(33-3)14-21(13-19)34-9-8-31/h3*5-6,9-15,27,30-32H,7-8H2,1-4H3;4-7,10-15,26,29-31H,8-9H2,1-3H3. The highest BCUT2D eigenvalue weighted by Gasteiger charge is 2.33. The first kappa shape index (κ1) is 101. The number of hydrogen-bond donors (Lipinski definition) is 12. The topological polar surface area (TPSA) is 334 Å². The Morgan fingerprint density at radius 1 is 0.273 bits per heavy atom. The lowest BCUT2D eigenvalue weighted by Gasteiger charge is -2.22. The maximum atomic E-state index is 14.0. The van der Waals surface area contributed by atoms with Crippen molar-refractivity contribution in [1.29, 1.82) is 0 Å². The molecule has 0 fully saturated rings. The van der Waals surface area contributed by atoms with Crippen LogP contribution in [-0.4, -0.2) is 145 Å². The van der Waals surface area contributed by atoms with E-state index < -0.39 is 24.2 Å². The van der Waals surface area contributed by atoms with Crippen LogP contribution in [0.25, 0.3) is 43.6 Å². The highest BCUT2D eigenvalue weighted by Crippen LogP contribution is 2.41. The summed E-state index contributed by atoms with van der Waals surface area (Å²) in [4.78, 5) is 68.8. The second-order valence-electron chi connectivity index (χ2n) is 34.0. The number of aliphatic hydroxyl groups excluding tert-OH is 4. The Hall–Kier alpha value is -15.4. The van der Waals surface area contributed by atoms with Gasteiger partial charge >= 0.3 is 0 Å². The Kier molecular flexibility index (Phi) is 33.4. The third kappa shape index (κ3) is 24.5. The summed E-state index contributed by atoms with van der Waals surface area (Å²) in [5.41, 5.74) is 21.0. The Labute approximate surface area is 803 Å². The van der Waals surface area contributed by atoms with Crippen molar-refractivity contribution < 1.29 is 95.1 Å². The Balaban J connectivity index is 0.000000156. The molecule has 722 valence electrons. The smallest absolute Gasteiger partial charge is 0.191 e. The van der Waals surface area contributed by atoms with Gasteiger partial charge in [0.2, 0.25) is 0 Å². The van der Waals surface area contributed by atoms with Gasteiger partial charge in [0.1, 0.15) is 120 Å². The van der Waals surface area contributed by atoms with Gasteiger partial charge in [-0.15, -0.1) is 0 Å². The lowest BCUT2D eigenvalue weighted by atomic mass is 9.93. The van der Waals surface area contributed by atoms with Crippen molar-refractivity contribution in [2.45, 2.75) is 100 Å². The van der Waals surface area contributed by atoms with Crippen LogP contribution in [0.5, 0.6) is 46.0 Å². The molecule has 0 aliphatic carbocycles. The number of aromatic nitrogens is 4. The van der Waals surface area contributed by atoms with Gasteiger partial charge in [-0.25, -0.2) is 17.6 Å². The molecule has 16 aromatic rings. The average Bonchev–Trinajstić information content (AvgIpc) is 1.70. The predicted molar refractivity (Wildman–Crippen MR) is 536 cm³/mol. The molecule has 12 aromatic carbocycles. The highest BCUT2D eigenvalue weighted by molar-refractivity contribution is 6.15. The predicted octanol–water partition coefficient (Wildman–Crippen LogP) is 22.3. The molecule has 0 saturated heterocycles. The minimum absolute atomic E-state index is 0.125. The third-order valence-corrected chi connectivity index (χ3v) is 24.0. The molecule has 0 aliphatic rings. The number of carbonyl (C=O) groups is 4. The van der Waals surface area contributed by atoms with Gasteiger partial charge in [-0.2, -0.15) is 0 Å². The van der Waals surface area contributed by atoms with Crippen LogP contribution in [0, 0.1) is 99.4 Å². The number of aliphatic hydroxyl groups is 4. The van der Waals surface area contributed by atoms with Crippen LogP contribution in [0.2, 0.25) is 0 Å². The van der Waals surface area contributed by atoms with Gasteiger partial charge in [-0.05, 0) is 239 Å². The molecule has 0 radical (unpaired) electrons. The second kappa shape index (κ2) is 46.0. The van der Waals surface area contributed by atoms with E-state index in [9.17, 15) is 36.7 Å². The van der Waals surface area contributed by atoms with E-state index in [4.69, 9.17) is 58.3 Å². The number of aromatic amines is 4. The summed E-state index contributed by atoms with van der Waals surface area (Å²) in [6.45, 7) is 21.2. The number of nitrogens with one attached hydrogen (secondary N) is 8. The minimum Gasteiger partial charge on any atom is -0.497 e. The number of methoxy groups -OCH3 is 4. The molecule has 0 bridgehead atoms. The van der Waals surface area contributed by atoms with Crippen molar-refractivity contribution in [2.24, 2.45) is 0 Å². The number of benzene rings is 12. The number of halogens is 4. The number of ketones is 4. The van der Waals surface area contributed by atoms with E-state index in [1.807, 2.05) is 97.0 Å². The van der Waals surface area contributed by atoms with Crippen molar-refractivity contribution in [2.75, 3.05) is 103 Å². The van der Waals surface area contributed by atoms with Crippen molar-refractivity contribution >= 4 is 89.5 Å². The lowest BCUT2D eigenvalue weighted by molar-refractivity contribution is 0.0963. The van der Waals surface area contributed by atoms with E-state index in [1.165, 1.54) is 77.0 Å². The fourth-order valence-corrected chi connectivity index (χ4v) is 16.8. The van der Waals surface area contributed by atoms with Crippen LogP contribution < -0.4 is 59.2 Å². The first-order valence-electron chi connectivity index (χ1n) is 45.1. The molecule has 12 N–H and O–H groups in total. The summed E-state index contributed by atoms with van der Waals surface area (Å²) in [5.74, 6) is 1.98. The maximum Gasteiger partial charge on any atom is 0.191 e. The average molecular weight is 1890 g/mol. The molecule has 4 atom stereocenters. The number of fused-ring (bicyclic) bond motifs is 4. The number of anilines is 4. The van der Waals surface area contributed by atoms with Gasteiger partial charge in [0.05, 0.1) is 54.9 Å². The van der Waals surface area contributed by atoms with Crippen LogP contribution in [-0.2, 0) is 0 Å². The van der Waals surface area contributed by atoms with Gasteiger partial charge in [-0.3, -0.25) is 19.2 Å². The van der Waals surface area contributed by atoms with Crippen LogP contribution in [0.1, 0.15) is 149 Å². The van der Waals surface area contributed by atoms with E-state index in [-0.39, 0.29) is 99.3 Å². The van der Waals surface area contributed by atoms with E-state index in [0.29, 0.717) is 136 Å². The minimum atomic E-state index is -0.798. The molecule has 0 saturated carbocycles. The summed E-state index contributed by atoms with van der Waals surface area (Å²) >= 11 is 0. The summed E-state index contributed by atoms with van der Waals surface area (Å²) in [5, 5.41) is 53.1. The third-order valence-electron chi connectivity index (χ3n) is 24.0. The molecule has 4 heterocycles. The number of carbonyl (C=O) groups excluding carboxylic acids is 4. The van der Waals surface area contributed by atoms with Gasteiger partial charge in [0.25, 0.3) is 0 Å². The van der Waals surface area contributed by atoms with Crippen LogP contribution >= 0.6 is 0 Å². The number of Topliss-reactive ketones (excluding diaryl/α,β-unsaturated/α-hetero) is 4. The number of ether oxygens (including phenoxy) is 8. The first-order chi connectivity index (χ1) is 66.8. The van der Waals surface area contributed by atoms with Crippen molar-refractivity contribution in [3.05, 3.63) is 354 Å². The molecule has 4 aromatic heterocycles. The summed E-state index contributed by atoms with van der Waals surface area (Å²) in [6.07, 6.45) is 6.89. The highest BCUT2D eigenvalue weighted by atomic mass is 19.1. The molecule has 16 rings (SSSR count). The Bertz CT molecular complexity index is 6930. The van der Waals surface area contributed by atoms with Crippen LogP contribution in [0.15, 0.2) is 225 Å². The monoisotopic (exact) mass is 1890 g/mol. The molecule has 0 spiro atoms. The van der Waals surface area contributed by atoms with E-state index in [0.717, 1.165) is 82.6 Å². The zero-order valence-electron chi connectivity index (χ0n) is 80.0. The molecular formula is C111H114F4N8O16. The van der Waals surface area contributed by atoms with Crippen molar-refractivity contribution in [3.8, 4) is 46.0 Å². The summed E-state index contributed by atoms with van der Waals surface area (Å²) in [7, 11) is 6.16. The van der Waals surface area contributed by atoms with Crippen molar-refractivity contribution in [1.82, 2.24) is 19.9 Å². The fourth-order valence-electron chi connectivity index (χ4n) is 16.8. The number of rotatable bonds is 36. The molecule has 4 unspecified atom stereocenters. The maximum absolute atomic E-state index is 14.0. The van der Waals surface area contributed by atoms with Crippen LogP contribution in [0.3, 0.4) is 0 Å². The zero-order valence-corrected chi connectivity index (χ0v) is 80.0. The van der Waals surface area contributed by atoms with E-state index in [1.54, 1.807) is 150 Å². The summed E-state index contributed by atoms with van der Waals surface area (Å²) in [6, 6.07) is 53.2. The number of aryl methyl sites for hydroxylation is 11. The zero-order chi connectivity index (χ0) is 99.6. The Morgan fingerprint density at radius 3 is 0.835 bits per heavy atom. The van der Waals surface area contributed by atoms with Crippen LogP contribution in [0.4, 0.5) is 40.3 Å². The molecule has 139 heavy (non-hydrogen) atoms. The molecule has 0 amide bonds. The Morgan fingerprint density at radius 2 is 0.540 bits per heavy atom. The van der Waals surface area contributed by atoms with Gasteiger partial charge in [0, 0.05) is 186 Å².